The van der Waals surface area contributed by atoms with Crippen molar-refractivity contribution >= 4 is 40.7 Å². The molecule has 23 heavy (non-hydrogen) atoms. The number of carbonyl (C=O) groups is 2. The standard InChI is InChI=1S/C16H14Cl2N2O3/c1-9(23-14-7-6-10(17)8-12(14)18)16(22)20-13-5-3-2-4-11(13)15(19)21/h2-9H,1H3,(H2,19,21)(H,20,22)/t9-/m0/s1. The monoisotopic (exact) mass is 352 g/mol. The Labute approximate surface area is 143 Å². The van der Waals surface area contributed by atoms with Crippen LogP contribution in [0.2, 0.25) is 10.0 Å². The number of amides is 2. The van der Waals surface area contributed by atoms with Crippen LogP contribution in [-0.4, -0.2) is 17.9 Å². The minimum absolute atomic E-state index is 0.220. The predicted octanol–water partition coefficient (Wildman–Crippen LogP) is 3.50. The van der Waals surface area contributed by atoms with Gasteiger partial charge in [-0.3, -0.25) is 9.59 Å². The lowest BCUT2D eigenvalue weighted by atomic mass is 10.1. The molecular weight excluding hydrogens is 339 g/mol. The van der Waals surface area contributed by atoms with E-state index >= 15 is 0 Å². The largest absolute Gasteiger partial charge is 0.479 e. The first-order valence-corrected chi connectivity index (χ1v) is 7.45. The van der Waals surface area contributed by atoms with Gasteiger partial charge < -0.3 is 15.8 Å². The maximum atomic E-state index is 12.2. The Bertz CT molecular complexity index is 750. The van der Waals surface area contributed by atoms with Crippen LogP contribution < -0.4 is 15.8 Å². The van der Waals surface area contributed by atoms with Gasteiger partial charge in [0, 0.05) is 5.02 Å². The molecule has 0 radical (unpaired) electrons. The Morgan fingerprint density at radius 2 is 1.87 bits per heavy atom. The summed E-state index contributed by atoms with van der Waals surface area (Å²) in [6.07, 6.45) is -0.838. The average molecular weight is 353 g/mol. The molecule has 0 bridgehead atoms. The van der Waals surface area contributed by atoms with Gasteiger partial charge >= 0.3 is 0 Å². The van der Waals surface area contributed by atoms with E-state index in [-0.39, 0.29) is 5.56 Å². The van der Waals surface area contributed by atoms with Gasteiger partial charge in [-0.25, -0.2) is 0 Å². The second kappa shape index (κ2) is 7.35. The minimum Gasteiger partial charge on any atom is -0.479 e. The summed E-state index contributed by atoms with van der Waals surface area (Å²) in [5.41, 5.74) is 5.81. The van der Waals surface area contributed by atoms with Crippen LogP contribution in [0.25, 0.3) is 0 Å². The topological polar surface area (TPSA) is 81.4 Å². The number of halogens is 2. The molecule has 2 rings (SSSR count). The van der Waals surface area contributed by atoms with E-state index in [4.69, 9.17) is 33.7 Å². The third kappa shape index (κ3) is 4.37. The molecule has 1 atom stereocenters. The van der Waals surface area contributed by atoms with Gasteiger partial charge in [0.05, 0.1) is 16.3 Å². The number of ether oxygens (including phenoxy) is 1. The second-order valence-electron chi connectivity index (χ2n) is 4.73. The lowest BCUT2D eigenvalue weighted by Crippen LogP contribution is -2.31. The van der Waals surface area contributed by atoms with E-state index in [0.29, 0.717) is 21.5 Å². The van der Waals surface area contributed by atoms with Crippen LogP contribution in [0, 0.1) is 0 Å². The summed E-state index contributed by atoms with van der Waals surface area (Å²) in [5.74, 6) is -0.734. The normalized spacial score (nSPS) is 11.6. The van der Waals surface area contributed by atoms with Gasteiger partial charge in [0.2, 0.25) is 0 Å². The molecule has 0 aliphatic carbocycles. The third-order valence-electron chi connectivity index (χ3n) is 3.02. The summed E-state index contributed by atoms with van der Waals surface area (Å²) in [6, 6.07) is 11.2. The molecule has 0 aromatic heterocycles. The van der Waals surface area contributed by atoms with E-state index in [1.54, 1.807) is 37.3 Å². The molecule has 0 saturated heterocycles. The van der Waals surface area contributed by atoms with Crippen LogP contribution in [0.3, 0.4) is 0 Å². The molecule has 0 heterocycles. The molecule has 2 aromatic rings. The second-order valence-corrected chi connectivity index (χ2v) is 5.58. The number of hydrogen-bond donors (Lipinski definition) is 2. The van der Waals surface area contributed by atoms with Gasteiger partial charge in [-0.1, -0.05) is 35.3 Å². The Balaban J connectivity index is 2.10. The highest BCUT2D eigenvalue weighted by Crippen LogP contribution is 2.28. The summed E-state index contributed by atoms with van der Waals surface area (Å²) in [5, 5.41) is 3.38. The molecule has 2 aromatic carbocycles. The molecule has 0 fully saturated rings. The van der Waals surface area contributed by atoms with Crippen LogP contribution in [0.5, 0.6) is 5.75 Å². The summed E-state index contributed by atoms with van der Waals surface area (Å²) >= 11 is 11.8. The van der Waals surface area contributed by atoms with Gasteiger partial charge in [0.25, 0.3) is 11.8 Å². The number of rotatable bonds is 5. The molecule has 3 N–H and O–H groups in total. The van der Waals surface area contributed by atoms with Crippen molar-refractivity contribution in [3.8, 4) is 5.75 Å². The Morgan fingerprint density at radius 1 is 1.17 bits per heavy atom. The van der Waals surface area contributed by atoms with Crippen LogP contribution in [0.15, 0.2) is 42.5 Å². The van der Waals surface area contributed by atoms with Gasteiger partial charge in [0.1, 0.15) is 5.75 Å². The van der Waals surface area contributed by atoms with Crippen LogP contribution in [0.1, 0.15) is 17.3 Å². The number of nitrogens with two attached hydrogens (primary N) is 1. The fourth-order valence-electron chi connectivity index (χ4n) is 1.86. The van der Waals surface area contributed by atoms with Gasteiger partial charge in [0.15, 0.2) is 6.10 Å². The number of para-hydroxylation sites is 1. The maximum absolute atomic E-state index is 12.2. The summed E-state index contributed by atoms with van der Waals surface area (Å²) in [6.45, 7) is 1.56. The quantitative estimate of drug-likeness (QED) is 0.863. The van der Waals surface area contributed by atoms with Crippen molar-refractivity contribution in [2.45, 2.75) is 13.0 Å². The molecule has 5 nitrogen and oxygen atoms in total. The molecule has 120 valence electrons. The van der Waals surface area contributed by atoms with E-state index in [9.17, 15) is 9.59 Å². The SMILES string of the molecule is C[C@H](Oc1ccc(Cl)cc1Cl)C(=O)Nc1ccccc1C(N)=O. The summed E-state index contributed by atoms with van der Waals surface area (Å²) < 4.78 is 5.52. The van der Waals surface area contributed by atoms with E-state index in [1.807, 2.05) is 0 Å². The number of hydrogen-bond acceptors (Lipinski definition) is 3. The zero-order valence-corrected chi connectivity index (χ0v) is 13.7. The molecule has 2 amide bonds. The molecule has 0 aliphatic heterocycles. The van der Waals surface area contributed by atoms with Crippen LogP contribution in [-0.2, 0) is 4.79 Å². The molecule has 0 unspecified atom stereocenters. The number of benzene rings is 2. The smallest absolute Gasteiger partial charge is 0.265 e. The average Bonchev–Trinajstić information content (AvgIpc) is 2.50. The first kappa shape index (κ1) is 17.1. The van der Waals surface area contributed by atoms with E-state index in [0.717, 1.165) is 0 Å². The highest BCUT2D eigenvalue weighted by molar-refractivity contribution is 6.35. The minimum atomic E-state index is -0.838. The fourth-order valence-corrected chi connectivity index (χ4v) is 2.31. The maximum Gasteiger partial charge on any atom is 0.265 e. The predicted molar refractivity (Wildman–Crippen MR) is 90.1 cm³/mol. The summed E-state index contributed by atoms with van der Waals surface area (Å²) in [4.78, 5) is 23.6. The lowest BCUT2D eigenvalue weighted by Gasteiger charge is -2.16. The highest BCUT2D eigenvalue weighted by atomic mass is 35.5. The summed E-state index contributed by atoms with van der Waals surface area (Å²) in [7, 11) is 0. The number of carbonyl (C=O) groups excluding carboxylic acids is 2. The van der Waals surface area contributed by atoms with Crippen molar-refractivity contribution in [2.24, 2.45) is 5.73 Å². The van der Waals surface area contributed by atoms with Crippen molar-refractivity contribution in [3.63, 3.8) is 0 Å². The number of nitrogens with one attached hydrogen (secondary N) is 1. The van der Waals surface area contributed by atoms with Crippen molar-refractivity contribution in [1.29, 1.82) is 0 Å². The molecular formula is C16H14Cl2N2O3. The van der Waals surface area contributed by atoms with Crippen LogP contribution >= 0.6 is 23.2 Å². The van der Waals surface area contributed by atoms with Gasteiger partial charge in [-0.05, 0) is 37.3 Å². The van der Waals surface area contributed by atoms with E-state index in [2.05, 4.69) is 5.32 Å². The van der Waals surface area contributed by atoms with Gasteiger partial charge in [-0.2, -0.15) is 0 Å². The van der Waals surface area contributed by atoms with Crippen molar-refractivity contribution in [1.82, 2.24) is 0 Å². The Kier molecular flexibility index (Phi) is 5.47. The Morgan fingerprint density at radius 3 is 2.52 bits per heavy atom. The first-order valence-electron chi connectivity index (χ1n) is 6.70. The van der Waals surface area contributed by atoms with Crippen molar-refractivity contribution in [3.05, 3.63) is 58.1 Å². The van der Waals surface area contributed by atoms with E-state index < -0.39 is 17.9 Å². The molecule has 0 saturated carbocycles. The highest BCUT2D eigenvalue weighted by Gasteiger charge is 2.18. The van der Waals surface area contributed by atoms with Crippen molar-refractivity contribution in [2.75, 3.05) is 5.32 Å². The molecule has 0 spiro atoms. The first-order chi connectivity index (χ1) is 10.9. The number of primary amides is 1. The zero-order valence-electron chi connectivity index (χ0n) is 12.2. The number of anilines is 1. The van der Waals surface area contributed by atoms with Gasteiger partial charge in [-0.15, -0.1) is 0 Å². The third-order valence-corrected chi connectivity index (χ3v) is 3.55. The molecule has 7 heteroatoms. The lowest BCUT2D eigenvalue weighted by molar-refractivity contribution is -0.122. The zero-order chi connectivity index (χ0) is 17.0. The van der Waals surface area contributed by atoms with Crippen LogP contribution in [0.4, 0.5) is 5.69 Å². The fraction of sp³-hybridized carbons (Fsp3) is 0.125. The molecule has 0 aliphatic rings. The van der Waals surface area contributed by atoms with Crippen molar-refractivity contribution < 1.29 is 14.3 Å². The van der Waals surface area contributed by atoms with E-state index in [1.165, 1.54) is 12.1 Å². The Hall–Kier alpha value is -2.24.